The summed E-state index contributed by atoms with van der Waals surface area (Å²) >= 11 is 0. The van der Waals surface area contributed by atoms with Crippen molar-refractivity contribution in [1.29, 1.82) is 0 Å². The van der Waals surface area contributed by atoms with Crippen molar-refractivity contribution < 1.29 is 28.7 Å². The van der Waals surface area contributed by atoms with E-state index >= 15 is 0 Å². The maximum absolute atomic E-state index is 12.4. The van der Waals surface area contributed by atoms with Gasteiger partial charge in [-0.3, -0.25) is 14.4 Å². The molecule has 0 spiro atoms. The molecule has 0 aliphatic heterocycles. The van der Waals surface area contributed by atoms with Crippen LogP contribution >= 0.6 is 0 Å². The van der Waals surface area contributed by atoms with Gasteiger partial charge in [-0.05, 0) is 37.5 Å². The number of carbonyl (C=O) groups excluding carboxylic acids is 4. The van der Waals surface area contributed by atoms with Gasteiger partial charge in [0.25, 0.3) is 0 Å². The summed E-state index contributed by atoms with van der Waals surface area (Å²) in [6.45, 7) is 11.8. The summed E-state index contributed by atoms with van der Waals surface area (Å²) in [5.74, 6) is -0.477. The van der Waals surface area contributed by atoms with Gasteiger partial charge in [-0.1, -0.05) is 41.5 Å². The quantitative estimate of drug-likeness (QED) is 0.254. The molecule has 186 valence electrons. The van der Waals surface area contributed by atoms with Gasteiger partial charge in [0.1, 0.15) is 17.9 Å². The lowest BCUT2D eigenvalue weighted by molar-refractivity contribution is -0.150. The second-order valence-electron chi connectivity index (χ2n) is 9.50. The molecule has 0 bridgehead atoms. The van der Waals surface area contributed by atoms with Gasteiger partial charge in [0.2, 0.25) is 5.91 Å². The number of ketones is 1. The Morgan fingerprint density at radius 3 is 1.81 bits per heavy atom. The van der Waals surface area contributed by atoms with Crippen molar-refractivity contribution in [3.63, 3.8) is 0 Å². The molecule has 0 radical (unpaired) electrons. The minimum absolute atomic E-state index is 0.00862. The summed E-state index contributed by atoms with van der Waals surface area (Å²) in [6.07, 6.45) is 3.36. The van der Waals surface area contributed by atoms with Crippen molar-refractivity contribution in [2.24, 2.45) is 23.5 Å². The third-order valence-corrected chi connectivity index (χ3v) is 4.85. The van der Waals surface area contributed by atoms with Gasteiger partial charge in [0.05, 0.1) is 13.2 Å². The molecule has 3 N–H and O–H groups in total. The molecule has 0 saturated heterocycles. The highest BCUT2D eigenvalue weighted by Gasteiger charge is 2.23. The highest BCUT2D eigenvalue weighted by Crippen LogP contribution is 2.10. The van der Waals surface area contributed by atoms with Crippen LogP contribution in [0, 0.1) is 17.8 Å². The van der Waals surface area contributed by atoms with E-state index in [1.807, 2.05) is 41.5 Å². The number of unbranched alkanes of at least 4 members (excludes halogenated alkanes) is 1. The minimum Gasteiger partial charge on any atom is -0.464 e. The van der Waals surface area contributed by atoms with Crippen molar-refractivity contribution >= 4 is 23.6 Å². The fourth-order valence-electron chi connectivity index (χ4n) is 3.04. The molecule has 0 fully saturated rings. The SMILES string of the molecule is CC(C)CC(N)C(=O)OCCCOC(=O)C(CC(C)C)NC(=O)CCCCC(=O)C(C)C. The molecule has 0 aromatic heterocycles. The van der Waals surface area contributed by atoms with E-state index in [0.29, 0.717) is 44.4 Å². The first-order valence-corrected chi connectivity index (χ1v) is 11.8. The van der Waals surface area contributed by atoms with E-state index in [1.54, 1.807) is 0 Å². The van der Waals surface area contributed by atoms with E-state index in [2.05, 4.69) is 5.32 Å². The first-order chi connectivity index (χ1) is 14.9. The van der Waals surface area contributed by atoms with E-state index in [1.165, 1.54) is 0 Å². The third-order valence-electron chi connectivity index (χ3n) is 4.85. The molecule has 2 unspecified atom stereocenters. The van der Waals surface area contributed by atoms with Crippen LogP contribution in [-0.2, 0) is 28.7 Å². The average Bonchev–Trinajstić information content (AvgIpc) is 2.68. The van der Waals surface area contributed by atoms with Crippen molar-refractivity contribution in [3.05, 3.63) is 0 Å². The fraction of sp³-hybridized carbons (Fsp3) is 0.833. The van der Waals surface area contributed by atoms with E-state index < -0.39 is 24.0 Å². The van der Waals surface area contributed by atoms with Gasteiger partial charge in [-0.15, -0.1) is 0 Å². The summed E-state index contributed by atoms with van der Waals surface area (Å²) < 4.78 is 10.4. The molecule has 2 atom stereocenters. The van der Waals surface area contributed by atoms with Crippen LogP contribution in [-0.4, -0.2) is 48.9 Å². The molecule has 0 aromatic rings. The predicted octanol–water partition coefficient (Wildman–Crippen LogP) is 3.15. The Morgan fingerprint density at radius 2 is 1.28 bits per heavy atom. The van der Waals surface area contributed by atoms with Crippen LogP contribution < -0.4 is 11.1 Å². The van der Waals surface area contributed by atoms with E-state index in [4.69, 9.17) is 15.2 Å². The van der Waals surface area contributed by atoms with Crippen molar-refractivity contribution in [2.45, 2.75) is 98.6 Å². The van der Waals surface area contributed by atoms with E-state index in [-0.39, 0.29) is 43.2 Å². The smallest absolute Gasteiger partial charge is 0.328 e. The zero-order chi connectivity index (χ0) is 24.7. The van der Waals surface area contributed by atoms with Crippen LogP contribution in [0.15, 0.2) is 0 Å². The highest BCUT2D eigenvalue weighted by atomic mass is 16.5. The molecule has 8 heteroatoms. The van der Waals surface area contributed by atoms with Crippen molar-refractivity contribution in [1.82, 2.24) is 5.32 Å². The number of hydrogen-bond donors (Lipinski definition) is 2. The fourth-order valence-corrected chi connectivity index (χ4v) is 3.04. The lowest BCUT2D eigenvalue weighted by Gasteiger charge is -2.19. The Labute approximate surface area is 193 Å². The zero-order valence-electron chi connectivity index (χ0n) is 20.8. The minimum atomic E-state index is -0.721. The van der Waals surface area contributed by atoms with E-state index in [0.717, 1.165) is 0 Å². The number of carbonyl (C=O) groups is 4. The normalized spacial score (nSPS) is 13.2. The number of Topliss-reactive ketones (excluding diaryl/α,β-unsaturated/α-hetero) is 1. The first-order valence-electron chi connectivity index (χ1n) is 11.8. The molecule has 32 heavy (non-hydrogen) atoms. The highest BCUT2D eigenvalue weighted by molar-refractivity contribution is 5.84. The van der Waals surface area contributed by atoms with Gasteiger partial charge in [0.15, 0.2) is 0 Å². The summed E-state index contributed by atoms with van der Waals surface area (Å²) in [5.41, 5.74) is 5.77. The largest absolute Gasteiger partial charge is 0.464 e. The Balaban J connectivity index is 4.30. The Kier molecular flexibility index (Phi) is 15.6. The monoisotopic (exact) mass is 456 g/mol. The van der Waals surface area contributed by atoms with Crippen LogP contribution in [0.1, 0.15) is 86.5 Å². The molecule has 8 nitrogen and oxygen atoms in total. The summed E-state index contributed by atoms with van der Waals surface area (Å²) in [6, 6.07) is -1.37. The average molecular weight is 457 g/mol. The Morgan fingerprint density at radius 1 is 0.750 bits per heavy atom. The molecule has 0 heterocycles. The maximum Gasteiger partial charge on any atom is 0.328 e. The Hall–Kier alpha value is -1.96. The van der Waals surface area contributed by atoms with Gasteiger partial charge in [-0.25, -0.2) is 4.79 Å². The molecule has 0 aliphatic carbocycles. The maximum atomic E-state index is 12.4. The predicted molar refractivity (Wildman–Crippen MR) is 124 cm³/mol. The standard InChI is InChI=1S/C24H44N2O6/c1-16(2)14-19(25)23(29)31-12-9-13-32-24(30)20(15-17(3)4)26-22(28)11-8-7-10-21(27)18(5)6/h16-20H,7-15,25H2,1-6H3,(H,26,28). The number of esters is 2. The van der Waals surface area contributed by atoms with Gasteiger partial charge >= 0.3 is 11.9 Å². The molecule has 0 aliphatic rings. The van der Waals surface area contributed by atoms with Gasteiger partial charge in [-0.2, -0.15) is 0 Å². The molecule has 1 amide bonds. The number of ether oxygens (including phenoxy) is 2. The number of nitrogens with one attached hydrogen (secondary N) is 1. The number of rotatable bonds is 17. The lowest BCUT2D eigenvalue weighted by Crippen LogP contribution is -2.42. The molecular formula is C24H44N2O6. The Bertz CT molecular complexity index is 589. The van der Waals surface area contributed by atoms with E-state index in [9.17, 15) is 19.2 Å². The second-order valence-corrected chi connectivity index (χ2v) is 9.50. The topological polar surface area (TPSA) is 125 Å². The number of amides is 1. The molecule has 0 aromatic carbocycles. The van der Waals surface area contributed by atoms with Crippen molar-refractivity contribution in [2.75, 3.05) is 13.2 Å². The molecule has 0 rings (SSSR count). The van der Waals surface area contributed by atoms with Crippen LogP contribution in [0.2, 0.25) is 0 Å². The third kappa shape index (κ3) is 14.9. The van der Waals surface area contributed by atoms with Gasteiger partial charge in [0, 0.05) is 25.2 Å². The number of nitrogens with two attached hydrogens (primary N) is 1. The molecule has 0 saturated carbocycles. The lowest BCUT2D eigenvalue weighted by atomic mass is 10.0. The van der Waals surface area contributed by atoms with Crippen LogP contribution in [0.5, 0.6) is 0 Å². The first kappa shape index (κ1) is 30.0. The van der Waals surface area contributed by atoms with Gasteiger partial charge < -0.3 is 20.5 Å². The number of hydrogen-bond acceptors (Lipinski definition) is 7. The van der Waals surface area contributed by atoms with Crippen molar-refractivity contribution in [3.8, 4) is 0 Å². The van der Waals surface area contributed by atoms with Crippen LogP contribution in [0.4, 0.5) is 0 Å². The van der Waals surface area contributed by atoms with Crippen LogP contribution in [0.3, 0.4) is 0 Å². The molecular weight excluding hydrogens is 412 g/mol. The van der Waals surface area contributed by atoms with Crippen LogP contribution in [0.25, 0.3) is 0 Å². The summed E-state index contributed by atoms with van der Waals surface area (Å²) in [7, 11) is 0. The summed E-state index contributed by atoms with van der Waals surface area (Å²) in [5, 5.41) is 2.75. The summed E-state index contributed by atoms with van der Waals surface area (Å²) in [4.78, 5) is 48.1. The second kappa shape index (κ2) is 16.6. The zero-order valence-corrected chi connectivity index (χ0v) is 20.8.